The molecule has 0 saturated carbocycles. The third-order valence-corrected chi connectivity index (χ3v) is 8.38. The zero-order valence-electron chi connectivity index (χ0n) is 27.9. The van der Waals surface area contributed by atoms with E-state index in [2.05, 4.69) is 56.1 Å². The van der Waals surface area contributed by atoms with E-state index in [0.717, 1.165) is 79.1 Å². The van der Waals surface area contributed by atoms with Crippen molar-refractivity contribution in [3.8, 4) is 0 Å². The van der Waals surface area contributed by atoms with Crippen LogP contribution in [0.25, 0.3) is 0 Å². The van der Waals surface area contributed by atoms with Gasteiger partial charge in [-0.1, -0.05) is 66.5 Å². The number of nitrogens with zero attached hydrogens (tertiary/aromatic N) is 3. The van der Waals surface area contributed by atoms with Crippen LogP contribution >= 0.6 is 35.9 Å². The molecule has 2 aliphatic rings. The third kappa shape index (κ3) is 10.8. The van der Waals surface area contributed by atoms with Crippen molar-refractivity contribution in [1.82, 2.24) is 15.1 Å². The largest absolute Gasteiger partial charge is 0.344 e. The predicted octanol–water partition coefficient (Wildman–Crippen LogP) is 7.33. The molecule has 0 bridgehead atoms. The number of rotatable bonds is 14. The lowest BCUT2D eigenvalue weighted by Crippen LogP contribution is -2.56. The smallest absolute Gasteiger partial charge is 0.265 e. The molecule has 11 heteroatoms. The van der Waals surface area contributed by atoms with E-state index in [1.807, 2.05) is 33.0 Å². The fourth-order valence-electron chi connectivity index (χ4n) is 5.04. The van der Waals surface area contributed by atoms with E-state index >= 15 is 0 Å². The number of carbonyl (C=O) groups excluding carboxylic acids is 3. The van der Waals surface area contributed by atoms with Gasteiger partial charge in [-0.2, -0.15) is 0 Å². The van der Waals surface area contributed by atoms with E-state index < -0.39 is 0 Å². The zero-order chi connectivity index (χ0) is 34.0. The van der Waals surface area contributed by atoms with Crippen molar-refractivity contribution in [3.05, 3.63) is 59.3 Å². The monoisotopic (exact) mass is 678 g/mol. The summed E-state index contributed by atoms with van der Waals surface area (Å²) < 4.78 is 9.63. The number of nitrogens with one attached hydrogen (secondary N) is 1. The van der Waals surface area contributed by atoms with Gasteiger partial charge in [-0.15, -0.1) is 11.6 Å². The first-order valence-electron chi connectivity index (χ1n) is 15.8. The van der Waals surface area contributed by atoms with Gasteiger partial charge in [0.15, 0.2) is 5.11 Å². The van der Waals surface area contributed by atoms with Gasteiger partial charge in [0.05, 0.1) is 5.88 Å². The van der Waals surface area contributed by atoms with E-state index in [1.54, 1.807) is 22.0 Å². The van der Waals surface area contributed by atoms with Gasteiger partial charge in [0, 0.05) is 53.4 Å². The summed E-state index contributed by atoms with van der Waals surface area (Å²) in [6.45, 7) is 15.3. The Kier molecular flexibility index (Phi) is 19.2. The van der Waals surface area contributed by atoms with Crippen molar-refractivity contribution in [2.24, 2.45) is 0 Å². The fourth-order valence-corrected chi connectivity index (χ4v) is 5.68. The van der Waals surface area contributed by atoms with Crippen molar-refractivity contribution >= 4 is 64.8 Å². The molecule has 3 rings (SSSR count). The molecular formula is C34H51ClN4O4S2. The standard InChI is InChI=1S/C30H42N4O3S2.C2H3ClO.C2H6/c1-6-8-18-33-27(35)23(28(36)34(29(33)38)19-9-7-2)13-10-11-14-26-30(3,4)24-21-22(39-37)15-16-25(24)32(26)20-12-17-31-5;3-1-2-4;1-2/h10-11,13-16,21,31,37H,6-9,12,17-20H2,1-5H3;2H,1H2;1-2H3/b11-10+,26-14+;;. The predicted molar refractivity (Wildman–Crippen MR) is 193 cm³/mol. The van der Waals surface area contributed by atoms with Gasteiger partial charge in [0.2, 0.25) is 0 Å². The van der Waals surface area contributed by atoms with Crippen molar-refractivity contribution in [3.63, 3.8) is 0 Å². The molecular weight excluding hydrogens is 628 g/mol. The highest BCUT2D eigenvalue weighted by molar-refractivity contribution is 7.93. The summed E-state index contributed by atoms with van der Waals surface area (Å²) >= 11 is 11.1. The van der Waals surface area contributed by atoms with Gasteiger partial charge in [-0.05, 0) is 81.0 Å². The minimum atomic E-state index is -0.320. The molecule has 1 saturated heterocycles. The number of halogens is 1. The summed E-state index contributed by atoms with van der Waals surface area (Å²) in [5.41, 5.74) is 3.29. The molecule has 1 aromatic carbocycles. The summed E-state index contributed by atoms with van der Waals surface area (Å²) in [5, 5.41) is 3.53. The average Bonchev–Trinajstić information content (AvgIpc) is 3.26. The fraction of sp³-hybridized carbons (Fsp3) is 0.529. The first kappa shape index (κ1) is 40.5. The molecule has 2 amide bonds. The molecule has 1 fully saturated rings. The number of aldehydes is 1. The van der Waals surface area contributed by atoms with Crippen LogP contribution in [0.4, 0.5) is 5.69 Å². The molecule has 1 aromatic rings. The van der Waals surface area contributed by atoms with E-state index in [9.17, 15) is 14.1 Å². The van der Waals surface area contributed by atoms with Crippen molar-refractivity contribution in [2.45, 2.75) is 84.0 Å². The van der Waals surface area contributed by atoms with Crippen LogP contribution in [-0.4, -0.2) is 76.7 Å². The number of amides is 2. The maximum atomic E-state index is 13.3. The van der Waals surface area contributed by atoms with Gasteiger partial charge in [-0.25, -0.2) is 0 Å². The number of hydrogen-bond donors (Lipinski definition) is 2. The zero-order valence-corrected chi connectivity index (χ0v) is 30.3. The highest BCUT2D eigenvalue weighted by Crippen LogP contribution is 2.48. The number of allylic oxidation sites excluding steroid dienone is 5. The number of unbranched alkanes of at least 4 members (excludes halogenated alkanes) is 2. The maximum absolute atomic E-state index is 13.3. The summed E-state index contributed by atoms with van der Waals surface area (Å²) in [4.78, 5) is 41.9. The molecule has 250 valence electrons. The van der Waals surface area contributed by atoms with Crippen molar-refractivity contribution < 1.29 is 18.9 Å². The van der Waals surface area contributed by atoms with Crippen molar-refractivity contribution in [1.29, 1.82) is 0 Å². The Hall–Kier alpha value is -2.50. The van der Waals surface area contributed by atoms with Crippen LogP contribution in [-0.2, 0) is 19.8 Å². The Morgan fingerprint density at radius 2 is 1.49 bits per heavy atom. The topological polar surface area (TPSA) is 93.2 Å². The molecule has 8 nitrogen and oxygen atoms in total. The van der Waals surface area contributed by atoms with Gasteiger partial charge < -0.3 is 19.6 Å². The quantitative estimate of drug-likeness (QED) is 0.0402. The minimum absolute atomic E-state index is 0.111. The number of carbonyl (C=O) groups is 3. The maximum Gasteiger partial charge on any atom is 0.265 e. The van der Waals surface area contributed by atoms with E-state index in [-0.39, 0.29) is 28.7 Å². The van der Waals surface area contributed by atoms with Gasteiger partial charge >= 0.3 is 0 Å². The van der Waals surface area contributed by atoms with E-state index in [1.165, 1.54) is 0 Å². The van der Waals surface area contributed by atoms with Crippen LogP contribution in [0.3, 0.4) is 0 Å². The Labute approximate surface area is 285 Å². The third-order valence-electron chi connectivity index (χ3n) is 7.35. The van der Waals surface area contributed by atoms with Crippen LogP contribution in [0.2, 0.25) is 0 Å². The summed E-state index contributed by atoms with van der Waals surface area (Å²) in [7, 11) is 1.95. The molecule has 2 N–H and O–H groups in total. The van der Waals surface area contributed by atoms with Crippen LogP contribution in [0, 0.1) is 0 Å². The van der Waals surface area contributed by atoms with Crippen LogP contribution in [0.5, 0.6) is 0 Å². The Balaban J connectivity index is 0.00000156. The Morgan fingerprint density at radius 3 is 1.98 bits per heavy atom. The van der Waals surface area contributed by atoms with Crippen LogP contribution in [0.15, 0.2) is 58.7 Å². The second-order valence-corrected chi connectivity index (χ2v) is 12.1. The van der Waals surface area contributed by atoms with Crippen LogP contribution < -0.4 is 10.2 Å². The van der Waals surface area contributed by atoms with Crippen molar-refractivity contribution in [2.75, 3.05) is 44.0 Å². The molecule has 0 unspecified atom stereocenters. The minimum Gasteiger partial charge on any atom is -0.344 e. The average molecular weight is 679 g/mol. The molecule has 0 radical (unpaired) electrons. The lowest BCUT2D eigenvalue weighted by atomic mass is 9.83. The summed E-state index contributed by atoms with van der Waals surface area (Å²) in [6, 6.07) is 6.06. The molecule has 0 atom stereocenters. The highest BCUT2D eigenvalue weighted by atomic mass is 35.5. The first-order chi connectivity index (χ1) is 21.6. The normalized spacial score (nSPS) is 16.5. The summed E-state index contributed by atoms with van der Waals surface area (Å²) in [5.74, 6) is -0.528. The number of hydrogen-bond acceptors (Lipinski definition) is 8. The molecule has 2 aliphatic heterocycles. The lowest BCUT2D eigenvalue weighted by molar-refractivity contribution is -0.134. The SMILES string of the molecule is CC.CCCCN1C(=O)C(=C/C=C/C=C2/N(CCCNC)c3ccc(SO)cc3C2(C)C)C(=O)N(CCCC)C1=S.O=CCCl. The van der Waals surface area contributed by atoms with Gasteiger partial charge in [0.1, 0.15) is 11.9 Å². The Bertz CT molecular complexity index is 1200. The first-order valence-corrected chi connectivity index (χ1v) is 17.5. The molecule has 45 heavy (non-hydrogen) atoms. The summed E-state index contributed by atoms with van der Waals surface area (Å²) in [6.07, 6.45) is 12.5. The van der Waals surface area contributed by atoms with Gasteiger partial charge in [-0.3, -0.25) is 19.4 Å². The highest BCUT2D eigenvalue weighted by Gasteiger charge is 2.40. The Morgan fingerprint density at radius 1 is 0.956 bits per heavy atom. The lowest BCUT2D eigenvalue weighted by Gasteiger charge is -2.36. The number of anilines is 1. The molecule has 0 spiro atoms. The molecule has 0 aliphatic carbocycles. The second kappa shape index (κ2) is 21.3. The van der Waals surface area contributed by atoms with E-state index in [4.69, 9.17) is 28.6 Å². The number of alkyl halides is 1. The van der Waals surface area contributed by atoms with Gasteiger partial charge in [0.25, 0.3) is 11.8 Å². The molecule has 2 heterocycles. The van der Waals surface area contributed by atoms with Crippen LogP contribution in [0.1, 0.15) is 79.2 Å². The number of benzene rings is 1. The number of fused-ring (bicyclic) bond motifs is 1. The molecule has 0 aromatic heterocycles. The number of thiocarbonyl (C=S) groups is 1. The second-order valence-electron chi connectivity index (χ2n) is 10.7. The van der Waals surface area contributed by atoms with E-state index in [0.29, 0.717) is 24.5 Å².